The third kappa shape index (κ3) is 3.33. The van der Waals surface area contributed by atoms with Crippen LogP contribution in [0.1, 0.15) is 25.0 Å². The third-order valence-corrected chi connectivity index (χ3v) is 1.72. The average molecular weight is 183 g/mol. The molecule has 0 spiro atoms. The molecule has 1 heteroatoms. The maximum atomic E-state index is 8.54. The van der Waals surface area contributed by atoms with Gasteiger partial charge in [-0.2, -0.15) is 5.26 Å². The molecule has 0 saturated carbocycles. The summed E-state index contributed by atoms with van der Waals surface area (Å²) in [5, 5.41) is 8.54. The van der Waals surface area contributed by atoms with Crippen LogP contribution in [0, 0.1) is 29.1 Å². The van der Waals surface area contributed by atoms with Crippen LogP contribution in [0.2, 0.25) is 0 Å². The second-order valence-corrected chi connectivity index (χ2v) is 3.46. The average Bonchev–Trinajstić information content (AvgIpc) is 2.16. The number of rotatable bonds is 1. The van der Waals surface area contributed by atoms with Crippen molar-refractivity contribution in [2.45, 2.75) is 20.3 Å². The molecule has 0 radical (unpaired) electrons. The Labute approximate surface area is 85.4 Å². The summed E-state index contributed by atoms with van der Waals surface area (Å²) in [7, 11) is 0. The normalized spacial score (nSPS) is 9.00. The van der Waals surface area contributed by atoms with Crippen LogP contribution in [0.4, 0.5) is 0 Å². The summed E-state index contributed by atoms with van der Waals surface area (Å²) in [5.74, 6) is 6.57. The van der Waals surface area contributed by atoms with Crippen molar-refractivity contribution < 1.29 is 0 Å². The zero-order valence-electron chi connectivity index (χ0n) is 8.54. The molecular formula is C13H13N. The molecule has 0 aliphatic rings. The zero-order chi connectivity index (χ0) is 10.4. The van der Waals surface area contributed by atoms with Gasteiger partial charge in [0.25, 0.3) is 0 Å². The summed E-state index contributed by atoms with van der Waals surface area (Å²) in [6, 6.07) is 9.96. The van der Waals surface area contributed by atoms with Crippen molar-refractivity contribution >= 4 is 0 Å². The van der Waals surface area contributed by atoms with Crippen LogP contribution in [0.3, 0.4) is 0 Å². The second-order valence-electron chi connectivity index (χ2n) is 3.46. The number of nitriles is 1. The summed E-state index contributed by atoms with van der Waals surface area (Å²) in [5.41, 5.74) is 2.02. The van der Waals surface area contributed by atoms with E-state index >= 15 is 0 Å². The monoisotopic (exact) mass is 183 g/mol. The summed E-state index contributed by atoms with van der Waals surface area (Å²) in [4.78, 5) is 0. The van der Waals surface area contributed by atoms with Crippen LogP contribution in [0.15, 0.2) is 24.3 Å². The molecule has 0 bridgehead atoms. The van der Waals surface area contributed by atoms with Crippen molar-refractivity contribution in [3.63, 3.8) is 0 Å². The fraction of sp³-hybridized carbons (Fsp3) is 0.308. The molecule has 0 aliphatic carbocycles. The molecule has 14 heavy (non-hydrogen) atoms. The summed E-state index contributed by atoms with van der Waals surface area (Å²) >= 11 is 0. The number of nitrogens with zero attached hydrogens (tertiary/aromatic N) is 1. The van der Waals surface area contributed by atoms with E-state index in [0.29, 0.717) is 12.3 Å². The molecular weight excluding hydrogens is 170 g/mol. The van der Waals surface area contributed by atoms with E-state index in [1.54, 1.807) is 0 Å². The molecule has 1 nitrogen and oxygen atoms in total. The second kappa shape index (κ2) is 5.10. The van der Waals surface area contributed by atoms with E-state index in [0.717, 1.165) is 11.1 Å². The van der Waals surface area contributed by atoms with Gasteiger partial charge in [-0.1, -0.05) is 37.8 Å². The van der Waals surface area contributed by atoms with Crippen LogP contribution in [0.25, 0.3) is 0 Å². The smallest absolute Gasteiger partial charge is 0.0669 e. The first-order valence-electron chi connectivity index (χ1n) is 4.70. The topological polar surface area (TPSA) is 23.8 Å². The van der Waals surface area contributed by atoms with Crippen molar-refractivity contribution in [2.75, 3.05) is 0 Å². The Kier molecular flexibility index (Phi) is 3.77. The molecule has 0 fully saturated rings. The maximum Gasteiger partial charge on any atom is 0.0669 e. The largest absolute Gasteiger partial charge is 0.198 e. The van der Waals surface area contributed by atoms with Crippen molar-refractivity contribution in [3.05, 3.63) is 35.4 Å². The minimum Gasteiger partial charge on any atom is -0.198 e. The first-order valence-corrected chi connectivity index (χ1v) is 4.70. The van der Waals surface area contributed by atoms with Gasteiger partial charge in [-0.25, -0.2) is 0 Å². The highest BCUT2D eigenvalue weighted by Gasteiger charge is 1.92. The summed E-state index contributed by atoms with van der Waals surface area (Å²) in [6.45, 7) is 4.12. The molecule has 0 saturated heterocycles. The van der Waals surface area contributed by atoms with Gasteiger partial charge in [0.05, 0.1) is 12.5 Å². The van der Waals surface area contributed by atoms with Gasteiger partial charge in [0.15, 0.2) is 0 Å². The quantitative estimate of drug-likeness (QED) is 0.614. The van der Waals surface area contributed by atoms with Crippen LogP contribution >= 0.6 is 0 Å². The lowest BCUT2D eigenvalue weighted by atomic mass is 10.1. The van der Waals surface area contributed by atoms with E-state index in [-0.39, 0.29) is 0 Å². The van der Waals surface area contributed by atoms with Crippen LogP contribution in [0.5, 0.6) is 0 Å². The van der Waals surface area contributed by atoms with E-state index in [1.165, 1.54) is 0 Å². The van der Waals surface area contributed by atoms with Gasteiger partial charge >= 0.3 is 0 Å². The minimum atomic E-state index is 0.384. The molecule has 0 unspecified atom stereocenters. The van der Waals surface area contributed by atoms with E-state index in [9.17, 15) is 0 Å². The Morgan fingerprint density at radius 3 is 2.79 bits per heavy atom. The third-order valence-electron chi connectivity index (χ3n) is 1.72. The number of hydrogen-bond donors (Lipinski definition) is 0. The van der Waals surface area contributed by atoms with Gasteiger partial charge < -0.3 is 0 Å². The lowest BCUT2D eigenvalue weighted by Gasteiger charge is -1.95. The fourth-order valence-electron chi connectivity index (χ4n) is 1.08. The number of hydrogen-bond acceptors (Lipinski definition) is 1. The standard InChI is InChI=1S/C13H13N/c1-11(2)6-7-12-4-3-5-13(10-12)8-9-14/h3-5,10-11H,8H2,1-2H3. The van der Waals surface area contributed by atoms with Gasteiger partial charge in [-0.15, -0.1) is 0 Å². The van der Waals surface area contributed by atoms with E-state index in [1.807, 2.05) is 24.3 Å². The summed E-state index contributed by atoms with van der Waals surface area (Å²) in [6.07, 6.45) is 0.456. The molecule has 0 amide bonds. The molecule has 70 valence electrons. The molecule has 1 aromatic rings. The predicted molar refractivity (Wildman–Crippen MR) is 57.5 cm³/mol. The molecule has 1 rings (SSSR count). The Balaban J connectivity index is 2.86. The van der Waals surface area contributed by atoms with Crippen molar-refractivity contribution in [3.8, 4) is 17.9 Å². The van der Waals surface area contributed by atoms with Gasteiger partial charge in [0.1, 0.15) is 0 Å². The van der Waals surface area contributed by atoms with Gasteiger partial charge in [-0.3, -0.25) is 0 Å². The molecule has 1 aromatic carbocycles. The van der Waals surface area contributed by atoms with Crippen molar-refractivity contribution in [1.82, 2.24) is 0 Å². The first-order chi connectivity index (χ1) is 6.72. The van der Waals surface area contributed by atoms with Gasteiger partial charge in [0, 0.05) is 11.5 Å². The lowest BCUT2D eigenvalue weighted by Crippen LogP contribution is -1.84. The Morgan fingerprint density at radius 2 is 2.14 bits per heavy atom. The molecule has 0 aromatic heterocycles. The van der Waals surface area contributed by atoms with Crippen LogP contribution in [-0.2, 0) is 6.42 Å². The zero-order valence-corrected chi connectivity index (χ0v) is 8.54. The highest BCUT2D eigenvalue weighted by Crippen LogP contribution is 2.04. The van der Waals surface area contributed by atoms with E-state index < -0.39 is 0 Å². The van der Waals surface area contributed by atoms with E-state index in [4.69, 9.17) is 5.26 Å². The summed E-state index contributed by atoms with van der Waals surface area (Å²) < 4.78 is 0. The first kappa shape index (κ1) is 10.4. The Bertz CT molecular complexity index is 399. The van der Waals surface area contributed by atoms with Crippen LogP contribution in [-0.4, -0.2) is 0 Å². The highest BCUT2D eigenvalue weighted by atomic mass is 14.2. The fourth-order valence-corrected chi connectivity index (χ4v) is 1.08. The number of benzene rings is 1. The Hall–Kier alpha value is -1.73. The minimum absolute atomic E-state index is 0.384. The highest BCUT2D eigenvalue weighted by molar-refractivity contribution is 5.38. The van der Waals surface area contributed by atoms with Crippen LogP contribution < -0.4 is 0 Å². The molecule has 0 heterocycles. The van der Waals surface area contributed by atoms with Crippen molar-refractivity contribution in [2.24, 2.45) is 5.92 Å². The molecule has 0 aliphatic heterocycles. The SMILES string of the molecule is CC(C)C#Cc1cccc(CC#N)c1. The maximum absolute atomic E-state index is 8.54. The van der Waals surface area contributed by atoms with Gasteiger partial charge in [0.2, 0.25) is 0 Å². The Morgan fingerprint density at radius 1 is 1.36 bits per heavy atom. The lowest BCUT2D eigenvalue weighted by molar-refractivity contribution is 0.866. The molecule has 0 N–H and O–H groups in total. The predicted octanol–water partition coefficient (Wildman–Crippen LogP) is 2.76. The van der Waals surface area contributed by atoms with Crippen molar-refractivity contribution in [1.29, 1.82) is 5.26 Å². The van der Waals surface area contributed by atoms with Gasteiger partial charge in [-0.05, 0) is 17.7 Å². The molecule has 0 atom stereocenters. The van der Waals surface area contributed by atoms with E-state index in [2.05, 4.69) is 31.8 Å².